The van der Waals surface area contributed by atoms with Gasteiger partial charge in [0, 0.05) is 37.4 Å². The molecule has 1 saturated heterocycles. The van der Waals surface area contributed by atoms with E-state index in [9.17, 15) is 10.3 Å². The summed E-state index contributed by atoms with van der Waals surface area (Å²) in [5.74, 6) is 1.58. The molecule has 0 radical (unpaired) electrons. The molecule has 0 amide bonds. The molecule has 1 aromatic carbocycles. The van der Waals surface area contributed by atoms with E-state index in [1.54, 1.807) is 12.1 Å². The van der Waals surface area contributed by atoms with Crippen LogP contribution in [-0.4, -0.2) is 62.0 Å². The zero-order valence-electron chi connectivity index (χ0n) is 19.3. The zero-order chi connectivity index (χ0) is 23.4. The maximum Gasteiger partial charge on any atom is 0.233 e. The highest BCUT2D eigenvalue weighted by Gasteiger charge is 2.29. The highest BCUT2D eigenvalue weighted by atomic mass is 35.5. The van der Waals surface area contributed by atoms with Crippen molar-refractivity contribution in [1.82, 2.24) is 20.0 Å². The van der Waals surface area contributed by atoms with Gasteiger partial charge in [-0.15, -0.1) is 0 Å². The van der Waals surface area contributed by atoms with Crippen LogP contribution < -0.4 is 15.5 Å². The molecule has 1 saturated carbocycles. The number of hydrogen-bond donors (Lipinski definition) is 4. The summed E-state index contributed by atoms with van der Waals surface area (Å²) in [6.45, 7) is 2.64. The quantitative estimate of drug-likeness (QED) is 0.346. The number of nitrogens with zero attached hydrogens (tertiary/aromatic N) is 5. The summed E-state index contributed by atoms with van der Waals surface area (Å²) < 4.78 is 0. The first-order valence-corrected chi connectivity index (χ1v) is 12.2. The van der Waals surface area contributed by atoms with E-state index in [0.29, 0.717) is 36.1 Å². The van der Waals surface area contributed by atoms with Crippen molar-refractivity contribution in [2.45, 2.75) is 76.4 Å². The van der Waals surface area contributed by atoms with Crippen molar-refractivity contribution < 1.29 is 10.3 Å². The zero-order valence-corrected chi connectivity index (χ0v) is 20.1. The number of piperidine rings is 1. The van der Waals surface area contributed by atoms with Crippen molar-refractivity contribution in [3.63, 3.8) is 0 Å². The average Bonchev–Trinajstić information content (AvgIpc) is 3.06. The predicted octanol–water partition coefficient (Wildman–Crippen LogP) is 4.79. The predicted molar refractivity (Wildman–Crippen MR) is 131 cm³/mol. The number of aromatic nitrogens is 3. The number of nitrogens with one attached hydrogen (secondary N) is 2. The van der Waals surface area contributed by atoms with E-state index in [1.165, 1.54) is 36.8 Å². The summed E-state index contributed by atoms with van der Waals surface area (Å²) in [7, 11) is 2.00. The Balaban J connectivity index is 1.59. The fraction of sp³-hybridized carbons (Fsp3) is 0.609. The SMILES string of the molecule is CC1CC(N(C)c2nc(Nc3ccc(O)c(Cl)c3)nc(NC3CCCCCC3)n2)CCN1O. The number of benzene rings is 1. The minimum absolute atomic E-state index is 0.0263. The van der Waals surface area contributed by atoms with Gasteiger partial charge >= 0.3 is 0 Å². The topological polar surface area (TPSA) is 110 Å². The van der Waals surface area contributed by atoms with E-state index in [0.717, 1.165) is 25.7 Å². The number of aromatic hydroxyl groups is 1. The Labute approximate surface area is 200 Å². The third-order valence-electron chi connectivity index (χ3n) is 6.69. The third-order valence-corrected chi connectivity index (χ3v) is 7.00. The molecule has 33 heavy (non-hydrogen) atoms. The van der Waals surface area contributed by atoms with Crippen molar-refractivity contribution >= 4 is 35.1 Å². The van der Waals surface area contributed by atoms with Gasteiger partial charge in [0.05, 0.1) is 5.02 Å². The van der Waals surface area contributed by atoms with Crippen LogP contribution in [0.2, 0.25) is 5.02 Å². The number of anilines is 4. The molecule has 0 bridgehead atoms. The van der Waals surface area contributed by atoms with E-state index >= 15 is 0 Å². The van der Waals surface area contributed by atoms with Gasteiger partial charge in [-0.1, -0.05) is 37.3 Å². The highest BCUT2D eigenvalue weighted by molar-refractivity contribution is 6.32. The van der Waals surface area contributed by atoms with Crippen molar-refractivity contribution in [3.05, 3.63) is 23.2 Å². The fourth-order valence-corrected chi connectivity index (χ4v) is 4.79. The summed E-state index contributed by atoms with van der Waals surface area (Å²) in [6, 6.07) is 5.54. The second-order valence-corrected chi connectivity index (χ2v) is 9.62. The Bertz CT molecular complexity index is 939. The van der Waals surface area contributed by atoms with Gasteiger partial charge in [-0.3, -0.25) is 0 Å². The molecule has 1 aliphatic heterocycles. The van der Waals surface area contributed by atoms with Gasteiger partial charge in [-0.05, 0) is 50.8 Å². The van der Waals surface area contributed by atoms with Gasteiger partial charge in [0.25, 0.3) is 0 Å². The minimum Gasteiger partial charge on any atom is -0.506 e. The highest BCUT2D eigenvalue weighted by Crippen LogP contribution is 2.29. The number of rotatable bonds is 6. The molecule has 0 spiro atoms. The lowest BCUT2D eigenvalue weighted by molar-refractivity contribution is -0.139. The number of hydrogen-bond acceptors (Lipinski definition) is 9. The lowest BCUT2D eigenvalue weighted by Gasteiger charge is -2.38. The molecule has 10 heteroatoms. The fourth-order valence-electron chi connectivity index (χ4n) is 4.61. The standard InChI is InChI=1S/C23H34ClN7O2/c1-15-13-18(11-12-31(15)33)30(2)23-28-21(25-16-7-5-3-4-6-8-16)27-22(29-23)26-17-9-10-20(32)19(24)14-17/h9-10,14-16,18,32-33H,3-8,11-13H2,1-2H3,(H2,25,26,27,28,29). The molecule has 180 valence electrons. The molecule has 9 nitrogen and oxygen atoms in total. The van der Waals surface area contributed by atoms with E-state index in [2.05, 4.69) is 25.5 Å². The van der Waals surface area contributed by atoms with Crippen LogP contribution in [0.15, 0.2) is 18.2 Å². The van der Waals surface area contributed by atoms with Crippen LogP contribution >= 0.6 is 11.6 Å². The van der Waals surface area contributed by atoms with E-state index in [4.69, 9.17) is 16.6 Å². The largest absolute Gasteiger partial charge is 0.506 e. The van der Waals surface area contributed by atoms with Crippen LogP contribution in [-0.2, 0) is 0 Å². The van der Waals surface area contributed by atoms with Crippen molar-refractivity contribution in [2.75, 3.05) is 29.1 Å². The number of hydroxylamine groups is 2. The van der Waals surface area contributed by atoms with Crippen LogP contribution in [0, 0.1) is 0 Å². The molecule has 1 aliphatic carbocycles. The summed E-state index contributed by atoms with van der Waals surface area (Å²) in [5.41, 5.74) is 0.681. The Morgan fingerprint density at radius 1 is 1.06 bits per heavy atom. The second-order valence-electron chi connectivity index (χ2n) is 9.21. The molecule has 2 fully saturated rings. The Kier molecular flexibility index (Phi) is 7.72. The van der Waals surface area contributed by atoms with E-state index in [1.807, 2.05) is 14.0 Å². The van der Waals surface area contributed by atoms with Gasteiger partial charge in [0.1, 0.15) is 5.75 Å². The number of phenols is 1. The van der Waals surface area contributed by atoms with Crippen LogP contribution in [0.5, 0.6) is 5.75 Å². The lowest BCUT2D eigenvalue weighted by atomic mass is 9.99. The van der Waals surface area contributed by atoms with E-state index in [-0.39, 0.29) is 22.9 Å². The van der Waals surface area contributed by atoms with Gasteiger partial charge in [0.2, 0.25) is 17.8 Å². The second kappa shape index (κ2) is 10.7. The van der Waals surface area contributed by atoms with Gasteiger partial charge in [-0.2, -0.15) is 20.0 Å². The van der Waals surface area contributed by atoms with Crippen molar-refractivity contribution in [2.24, 2.45) is 0 Å². The minimum atomic E-state index is 0.0263. The Hall–Kier alpha value is -2.36. The molecule has 4 rings (SSSR count). The first kappa shape index (κ1) is 23.8. The molecule has 2 aliphatic rings. The third kappa shape index (κ3) is 6.16. The van der Waals surface area contributed by atoms with Crippen LogP contribution in [0.25, 0.3) is 0 Å². The molecule has 1 aromatic heterocycles. The Morgan fingerprint density at radius 2 is 1.79 bits per heavy atom. The summed E-state index contributed by atoms with van der Waals surface area (Å²) >= 11 is 6.08. The summed E-state index contributed by atoms with van der Waals surface area (Å²) in [5, 5.41) is 28.1. The van der Waals surface area contributed by atoms with Gasteiger partial charge in [-0.25, -0.2) is 0 Å². The molecule has 2 atom stereocenters. The molecule has 2 aromatic rings. The van der Waals surface area contributed by atoms with Gasteiger partial charge in [0.15, 0.2) is 0 Å². The smallest absolute Gasteiger partial charge is 0.233 e. The molecular formula is C23H34ClN7O2. The van der Waals surface area contributed by atoms with E-state index < -0.39 is 0 Å². The van der Waals surface area contributed by atoms with Crippen LogP contribution in [0.3, 0.4) is 0 Å². The summed E-state index contributed by atoms with van der Waals surface area (Å²) in [6.07, 6.45) is 8.85. The van der Waals surface area contributed by atoms with Gasteiger partial charge < -0.3 is 25.8 Å². The number of phenolic OH excluding ortho intramolecular Hbond substituents is 1. The lowest BCUT2D eigenvalue weighted by Crippen LogP contribution is -2.47. The average molecular weight is 476 g/mol. The molecular weight excluding hydrogens is 442 g/mol. The Morgan fingerprint density at radius 3 is 2.48 bits per heavy atom. The summed E-state index contributed by atoms with van der Waals surface area (Å²) in [4.78, 5) is 16.2. The normalized spacial score (nSPS) is 22.5. The monoisotopic (exact) mass is 475 g/mol. The first-order chi connectivity index (χ1) is 15.9. The maximum atomic E-state index is 9.97. The maximum absolute atomic E-state index is 9.97. The van der Waals surface area contributed by atoms with Crippen LogP contribution in [0.4, 0.5) is 23.5 Å². The number of halogens is 1. The van der Waals surface area contributed by atoms with Crippen LogP contribution in [0.1, 0.15) is 58.3 Å². The van der Waals surface area contributed by atoms with Crippen molar-refractivity contribution in [1.29, 1.82) is 0 Å². The first-order valence-electron chi connectivity index (χ1n) is 11.9. The molecule has 2 heterocycles. The molecule has 4 N–H and O–H groups in total. The molecule has 2 unspecified atom stereocenters. The van der Waals surface area contributed by atoms with Crippen molar-refractivity contribution in [3.8, 4) is 5.75 Å².